The summed E-state index contributed by atoms with van der Waals surface area (Å²) in [5, 5.41) is 18.0. The summed E-state index contributed by atoms with van der Waals surface area (Å²) >= 11 is 0. The van der Waals surface area contributed by atoms with Crippen LogP contribution in [0.4, 0.5) is 26.3 Å². The first-order chi connectivity index (χ1) is 14.9. The first kappa shape index (κ1) is 30.9. The number of carboxylic acid groups (broad SMARTS) is 2. The number of rotatable bonds is 9. The Morgan fingerprint density at radius 1 is 1.00 bits per heavy atom. The van der Waals surface area contributed by atoms with Crippen molar-refractivity contribution in [3.63, 3.8) is 0 Å². The zero-order valence-corrected chi connectivity index (χ0v) is 18.9. The van der Waals surface area contributed by atoms with Gasteiger partial charge in [-0.25, -0.2) is 13.2 Å². The van der Waals surface area contributed by atoms with Gasteiger partial charge in [-0.1, -0.05) is 21.6 Å². The number of hydrogen-bond acceptors (Lipinski definition) is 7. The van der Waals surface area contributed by atoms with Gasteiger partial charge >= 0.3 is 24.3 Å². The predicted molar refractivity (Wildman–Crippen MR) is 108 cm³/mol. The third kappa shape index (κ3) is 12.6. The molecular formula is C16H17F6NO7S3. The third-order valence-corrected chi connectivity index (χ3v) is 6.69. The molecule has 0 aliphatic rings. The molecule has 0 atom stereocenters. The van der Waals surface area contributed by atoms with E-state index in [4.69, 9.17) is 15.0 Å². The second-order valence-corrected chi connectivity index (χ2v) is 10.5. The molecule has 17 heteroatoms. The van der Waals surface area contributed by atoms with Crippen LogP contribution in [0.25, 0.3) is 0 Å². The number of benzene rings is 1. The summed E-state index contributed by atoms with van der Waals surface area (Å²) in [6, 6.07) is 1.93. The molecule has 0 radical (unpaired) electrons. The summed E-state index contributed by atoms with van der Waals surface area (Å²) in [5.41, 5.74) is -1.51. The van der Waals surface area contributed by atoms with Crippen LogP contribution in [0.15, 0.2) is 23.1 Å². The van der Waals surface area contributed by atoms with Gasteiger partial charge in [0.15, 0.2) is 9.84 Å². The number of amides is 1. The molecule has 0 aromatic heterocycles. The Morgan fingerprint density at radius 3 is 1.94 bits per heavy atom. The zero-order valence-electron chi connectivity index (χ0n) is 16.5. The number of hydrogen-bond donors (Lipinski definition) is 3. The van der Waals surface area contributed by atoms with Crippen molar-refractivity contribution in [2.24, 2.45) is 0 Å². The molecule has 0 saturated carbocycles. The minimum Gasteiger partial charge on any atom is -0.481 e. The number of carbonyl (C=O) groups is 3. The summed E-state index contributed by atoms with van der Waals surface area (Å²) in [6.45, 7) is 0.147. The Morgan fingerprint density at radius 2 is 1.52 bits per heavy atom. The van der Waals surface area contributed by atoms with E-state index in [0.29, 0.717) is 23.6 Å². The Kier molecular flexibility index (Phi) is 12.1. The molecule has 188 valence electrons. The van der Waals surface area contributed by atoms with Gasteiger partial charge in [0.05, 0.1) is 22.4 Å². The minimum atomic E-state index is -5.08. The fourth-order valence-corrected chi connectivity index (χ4v) is 4.53. The van der Waals surface area contributed by atoms with Crippen molar-refractivity contribution in [1.82, 2.24) is 5.32 Å². The molecule has 0 fully saturated rings. The van der Waals surface area contributed by atoms with E-state index in [0.717, 1.165) is 12.3 Å². The van der Waals surface area contributed by atoms with Crippen molar-refractivity contribution in [2.75, 3.05) is 24.3 Å². The first-order valence-corrected chi connectivity index (χ1v) is 12.7. The van der Waals surface area contributed by atoms with E-state index in [2.05, 4.69) is 5.32 Å². The lowest BCUT2D eigenvalue weighted by Crippen LogP contribution is -2.27. The molecule has 0 saturated heterocycles. The second-order valence-electron chi connectivity index (χ2n) is 5.83. The van der Waals surface area contributed by atoms with E-state index in [-0.39, 0.29) is 18.5 Å². The van der Waals surface area contributed by atoms with Gasteiger partial charge in [-0.15, -0.1) is 0 Å². The molecule has 0 aliphatic carbocycles. The van der Waals surface area contributed by atoms with Crippen molar-refractivity contribution in [3.8, 4) is 0 Å². The summed E-state index contributed by atoms with van der Waals surface area (Å²) in [4.78, 5) is 30.6. The zero-order chi connectivity index (χ0) is 26.0. The van der Waals surface area contributed by atoms with Gasteiger partial charge < -0.3 is 15.5 Å². The fraction of sp³-hybridized carbons (Fsp3) is 0.438. The quantitative estimate of drug-likeness (QED) is 0.242. The van der Waals surface area contributed by atoms with Crippen LogP contribution in [-0.2, 0) is 25.6 Å². The second kappa shape index (κ2) is 12.9. The van der Waals surface area contributed by atoms with E-state index in [9.17, 15) is 44.3 Å². The number of alkyl halides is 6. The van der Waals surface area contributed by atoms with Crippen LogP contribution in [0, 0.1) is 0 Å². The normalized spacial score (nSPS) is 11.8. The predicted octanol–water partition coefficient (Wildman–Crippen LogP) is 3.33. The molecule has 1 aromatic carbocycles. The van der Waals surface area contributed by atoms with Gasteiger partial charge in [-0.2, -0.15) is 26.3 Å². The van der Waals surface area contributed by atoms with Crippen molar-refractivity contribution < 1.29 is 59.4 Å². The standard InChI is InChI=1S/C14H16F3NO5S3.C2HF3O2/c1-26(22,23)11-8-9(14(15,16)17)2-3-10(11)13(21)18-5-7-25-24-6-4-12(19)20;3-2(4,5)1(6)7/h2-3,8H,4-7H2,1H3,(H,18,21)(H,19,20);(H,6,7). The van der Waals surface area contributed by atoms with Crippen LogP contribution >= 0.6 is 21.6 Å². The van der Waals surface area contributed by atoms with Gasteiger partial charge in [-0.05, 0) is 18.2 Å². The van der Waals surface area contributed by atoms with Crippen LogP contribution in [0.5, 0.6) is 0 Å². The summed E-state index contributed by atoms with van der Waals surface area (Å²) in [6.07, 6.45) is -9.07. The summed E-state index contributed by atoms with van der Waals surface area (Å²) in [5.74, 6) is -3.65. The number of carboxylic acids is 2. The number of nitrogens with one attached hydrogen (secondary N) is 1. The maximum atomic E-state index is 12.8. The molecule has 1 aromatic rings. The van der Waals surface area contributed by atoms with E-state index in [1.165, 1.54) is 21.6 Å². The highest BCUT2D eigenvalue weighted by atomic mass is 33.1. The number of sulfone groups is 1. The summed E-state index contributed by atoms with van der Waals surface area (Å²) in [7, 11) is -1.41. The van der Waals surface area contributed by atoms with Gasteiger partial charge in [0.25, 0.3) is 5.91 Å². The van der Waals surface area contributed by atoms with Crippen LogP contribution < -0.4 is 5.32 Å². The molecule has 1 amide bonds. The van der Waals surface area contributed by atoms with E-state index in [1.807, 2.05) is 0 Å². The lowest BCUT2D eigenvalue weighted by Gasteiger charge is -2.12. The number of halogens is 6. The first-order valence-electron chi connectivity index (χ1n) is 8.33. The lowest BCUT2D eigenvalue weighted by molar-refractivity contribution is -0.192. The highest BCUT2D eigenvalue weighted by Gasteiger charge is 2.38. The van der Waals surface area contributed by atoms with E-state index in [1.54, 1.807) is 0 Å². The molecule has 0 unspecified atom stereocenters. The Balaban J connectivity index is 0.00000126. The molecule has 0 heterocycles. The van der Waals surface area contributed by atoms with Crippen LogP contribution in [0.1, 0.15) is 22.3 Å². The maximum absolute atomic E-state index is 12.8. The van der Waals surface area contributed by atoms with Crippen molar-refractivity contribution in [2.45, 2.75) is 23.7 Å². The monoisotopic (exact) mass is 545 g/mol. The lowest BCUT2D eigenvalue weighted by atomic mass is 10.1. The van der Waals surface area contributed by atoms with Crippen molar-refractivity contribution >= 4 is 49.3 Å². The number of aliphatic carboxylic acids is 2. The molecule has 8 nitrogen and oxygen atoms in total. The van der Waals surface area contributed by atoms with Crippen LogP contribution in [0.3, 0.4) is 0 Å². The molecule has 1 rings (SSSR count). The third-order valence-electron chi connectivity index (χ3n) is 3.15. The van der Waals surface area contributed by atoms with Crippen molar-refractivity contribution in [1.29, 1.82) is 0 Å². The maximum Gasteiger partial charge on any atom is 0.490 e. The van der Waals surface area contributed by atoms with E-state index < -0.39 is 50.5 Å². The largest absolute Gasteiger partial charge is 0.490 e. The van der Waals surface area contributed by atoms with Gasteiger partial charge in [0.1, 0.15) is 0 Å². The number of carbonyl (C=O) groups excluding carboxylic acids is 1. The summed E-state index contributed by atoms with van der Waals surface area (Å²) < 4.78 is 93.5. The minimum absolute atomic E-state index is 0.00724. The van der Waals surface area contributed by atoms with E-state index >= 15 is 0 Å². The average Bonchev–Trinajstić information content (AvgIpc) is 2.64. The topological polar surface area (TPSA) is 138 Å². The highest BCUT2D eigenvalue weighted by Crippen LogP contribution is 2.32. The Bertz CT molecular complexity index is 949. The molecule has 0 bridgehead atoms. The fourth-order valence-electron chi connectivity index (χ4n) is 1.74. The Hall–Kier alpha value is -2.14. The Labute approximate surface area is 191 Å². The molecule has 0 aliphatic heterocycles. The van der Waals surface area contributed by atoms with Gasteiger partial charge in [-0.3, -0.25) is 9.59 Å². The smallest absolute Gasteiger partial charge is 0.481 e. The van der Waals surface area contributed by atoms with Crippen LogP contribution in [-0.4, -0.2) is 67.0 Å². The van der Waals surface area contributed by atoms with Gasteiger partial charge in [0, 0.05) is 24.3 Å². The molecule has 33 heavy (non-hydrogen) atoms. The molecule has 3 N–H and O–H groups in total. The molecule has 0 spiro atoms. The average molecular weight is 546 g/mol. The van der Waals surface area contributed by atoms with Crippen LogP contribution in [0.2, 0.25) is 0 Å². The van der Waals surface area contributed by atoms with Gasteiger partial charge in [0.2, 0.25) is 0 Å². The van der Waals surface area contributed by atoms with Crippen molar-refractivity contribution in [3.05, 3.63) is 29.3 Å². The molecular weight excluding hydrogens is 528 g/mol. The highest BCUT2D eigenvalue weighted by molar-refractivity contribution is 8.76. The SMILES string of the molecule is CS(=O)(=O)c1cc(C(F)(F)F)ccc1C(=O)NCCSSCCC(=O)O.O=C(O)C(F)(F)F.